The lowest BCUT2D eigenvalue weighted by molar-refractivity contribution is 0.426. The second kappa shape index (κ2) is 21.7. The van der Waals surface area contributed by atoms with Gasteiger partial charge in [-0.25, -0.2) is 0 Å². The summed E-state index contributed by atoms with van der Waals surface area (Å²) in [7, 11) is -1.41. The summed E-state index contributed by atoms with van der Waals surface area (Å²) in [5.41, 5.74) is 9.24. The van der Waals surface area contributed by atoms with Crippen LogP contribution in [0.4, 0.5) is 0 Å². The van der Waals surface area contributed by atoms with Crippen molar-refractivity contribution in [3.63, 3.8) is 0 Å². The fourth-order valence-electron chi connectivity index (χ4n) is 9.48. The van der Waals surface area contributed by atoms with E-state index in [1.807, 2.05) is 151 Å². The lowest BCUT2D eigenvalue weighted by Crippen LogP contribution is -2.29. The van der Waals surface area contributed by atoms with Crippen LogP contribution in [-0.4, -0.2) is 46.7 Å². The monoisotopic (exact) mass is 1080 g/mol. The number of rotatable bonds is 8. The van der Waals surface area contributed by atoms with Gasteiger partial charge in [0.05, 0.1) is 0 Å². The van der Waals surface area contributed by atoms with Gasteiger partial charge in [-0.15, -0.1) is 43.1 Å². The molecule has 76 heavy (non-hydrogen) atoms. The van der Waals surface area contributed by atoms with Crippen molar-refractivity contribution in [2.24, 2.45) is 0 Å². The molecule has 0 fully saturated rings. The number of fused-ring (bicyclic) bond motifs is 6. The van der Waals surface area contributed by atoms with Crippen LogP contribution in [0.15, 0.2) is 259 Å². The standard InChI is InChI=1S/C32H21N3S.C20H14BrN3.C12H9BO2S/c1-3-10-23(11-4-1)31-33-34-32(24-12-5-2-6-13-24)35(31)25-20-18-22(19-21-25)26-15-9-16-28-27-14-7-8-17-29(27)36-30(26)28;21-17-11-13-18(14-12-17)24-19(15-7-3-1-4-8-15)22-23-20(24)16-9-5-2-6-10-16;14-13(15)10-6-3-5-9-8-4-1-2-7-11(8)16-12(9)10/h1-21H;1-14H;1-7,14-15H. The SMILES string of the molecule is Brc1ccc(-n2c(-c3ccccc3)nnc2-c2ccccc2)cc1.OB(O)c1cccc2c1sc1ccccc12.c1ccc(-c2nnc(-c3ccccc3)n2-c2ccc(-c3cccc4c3sc3ccccc34)cc2)cc1. The molecule has 0 spiro atoms. The highest BCUT2D eigenvalue weighted by Crippen LogP contribution is 2.40. The molecule has 12 heteroatoms. The van der Waals surface area contributed by atoms with Crippen molar-refractivity contribution in [1.29, 1.82) is 0 Å². The summed E-state index contributed by atoms with van der Waals surface area (Å²) < 4.78 is 10.1. The Morgan fingerprint density at radius 1 is 0.329 bits per heavy atom. The molecule has 0 aliphatic carbocycles. The molecule has 0 saturated carbocycles. The van der Waals surface area contributed by atoms with Gasteiger partial charge in [0, 0.05) is 73.1 Å². The first-order chi connectivity index (χ1) is 37.5. The van der Waals surface area contributed by atoms with E-state index in [9.17, 15) is 10.0 Å². The van der Waals surface area contributed by atoms with E-state index in [0.717, 1.165) is 71.5 Å². The van der Waals surface area contributed by atoms with Gasteiger partial charge in [0.15, 0.2) is 23.3 Å². The van der Waals surface area contributed by atoms with Gasteiger partial charge in [-0.05, 0) is 70.5 Å². The van der Waals surface area contributed by atoms with Gasteiger partial charge in [-0.3, -0.25) is 9.13 Å². The van der Waals surface area contributed by atoms with Gasteiger partial charge in [-0.1, -0.05) is 222 Å². The Balaban J connectivity index is 0.000000125. The van der Waals surface area contributed by atoms with Crippen molar-refractivity contribution in [2.45, 2.75) is 0 Å². The molecular weight excluding hydrogens is 1040 g/mol. The minimum atomic E-state index is -1.41. The van der Waals surface area contributed by atoms with Crippen molar-refractivity contribution >= 4 is 91.5 Å². The zero-order valence-electron chi connectivity index (χ0n) is 40.6. The van der Waals surface area contributed by atoms with Crippen LogP contribution in [0.3, 0.4) is 0 Å². The second-order valence-corrected chi connectivity index (χ2v) is 20.8. The fraction of sp³-hybridized carbons (Fsp3) is 0. The molecule has 14 rings (SSSR count). The third kappa shape index (κ3) is 9.67. The summed E-state index contributed by atoms with van der Waals surface area (Å²) in [6, 6.07) is 86.6. The van der Waals surface area contributed by atoms with Crippen molar-refractivity contribution in [3.05, 3.63) is 259 Å². The summed E-state index contributed by atoms with van der Waals surface area (Å²) in [4.78, 5) is 0. The highest BCUT2D eigenvalue weighted by atomic mass is 79.9. The Hall–Kier alpha value is -8.62. The fourth-order valence-corrected chi connectivity index (χ4v) is 12.2. The van der Waals surface area contributed by atoms with Crippen LogP contribution in [0.5, 0.6) is 0 Å². The molecule has 2 N–H and O–H groups in total. The average Bonchev–Trinajstić information content (AvgIpc) is 4.32. The van der Waals surface area contributed by atoms with Crippen LogP contribution >= 0.6 is 38.6 Å². The number of hydrogen-bond donors (Lipinski definition) is 2. The normalized spacial score (nSPS) is 11.1. The van der Waals surface area contributed by atoms with E-state index >= 15 is 0 Å². The molecule has 0 unspecified atom stereocenters. The van der Waals surface area contributed by atoms with E-state index in [1.54, 1.807) is 17.4 Å². The van der Waals surface area contributed by atoms with E-state index < -0.39 is 7.12 Å². The largest absolute Gasteiger partial charge is 0.489 e. The van der Waals surface area contributed by atoms with E-state index in [2.05, 4.69) is 155 Å². The Kier molecular flexibility index (Phi) is 13.8. The molecule has 0 bridgehead atoms. The zero-order chi connectivity index (χ0) is 51.4. The summed E-state index contributed by atoms with van der Waals surface area (Å²) >= 11 is 6.95. The minimum Gasteiger partial charge on any atom is -0.423 e. The maximum absolute atomic E-state index is 9.31. The van der Waals surface area contributed by atoms with Crippen LogP contribution in [0.25, 0.3) is 108 Å². The van der Waals surface area contributed by atoms with Crippen LogP contribution < -0.4 is 5.46 Å². The molecule has 4 heterocycles. The number of aromatic nitrogens is 6. The van der Waals surface area contributed by atoms with Gasteiger partial charge >= 0.3 is 7.12 Å². The molecule has 14 aromatic rings. The molecule has 0 radical (unpaired) electrons. The topological polar surface area (TPSA) is 102 Å². The van der Waals surface area contributed by atoms with Crippen LogP contribution in [0.2, 0.25) is 0 Å². The van der Waals surface area contributed by atoms with Crippen LogP contribution in [-0.2, 0) is 0 Å². The first-order valence-corrected chi connectivity index (χ1v) is 27.1. The highest BCUT2D eigenvalue weighted by molar-refractivity contribution is 9.10. The third-order valence-corrected chi connectivity index (χ3v) is 16.1. The molecular formula is C64H44BBrN6O2S2. The summed E-state index contributed by atoms with van der Waals surface area (Å²) in [6.45, 7) is 0. The number of thiophene rings is 2. The average molecular weight is 1080 g/mol. The van der Waals surface area contributed by atoms with Gasteiger partial charge in [0.25, 0.3) is 0 Å². The van der Waals surface area contributed by atoms with Gasteiger partial charge in [0.2, 0.25) is 0 Å². The quantitative estimate of drug-likeness (QED) is 0.147. The van der Waals surface area contributed by atoms with Crippen LogP contribution in [0.1, 0.15) is 0 Å². The Bertz CT molecular complexity index is 4150. The highest BCUT2D eigenvalue weighted by Gasteiger charge is 2.20. The molecule has 4 aromatic heterocycles. The number of nitrogens with zero attached hydrogens (tertiary/aromatic N) is 6. The number of benzene rings is 10. The molecule has 0 aliphatic heterocycles. The van der Waals surface area contributed by atoms with Crippen LogP contribution in [0, 0.1) is 0 Å². The lowest BCUT2D eigenvalue weighted by Gasteiger charge is -2.12. The summed E-state index contributed by atoms with van der Waals surface area (Å²) in [5.74, 6) is 3.32. The Morgan fingerprint density at radius 2 is 0.684 bits per heavy atom. The number of halogens is 1. The molecule has 8 nitrogen and oxygen atoms in total. The van der Waals surface area contributed by atoms with Gasteiger partial charge < -0.3 is 10.0 Å². The molecule has 0 atom stereocenters. The summed E-state index contributed by atoms with van der Waals surface area (Å²) in [5, 5.41) is 41.6. The van der Waals surface area contributed by atoms with Crippen molar-refractivity contribution in [3.8, 4) is 68.1 Å². The van der Waals surface area contributed by atoms with Crippen molar-refractivity contribution in [1.82, 2.24) is 29.5 Å². The molecule has 0 amide bonds. The smallest absolute Gasteiger partial charge is 0.423 e. The van der Waals surface area contributed by atoms with E-state index in [0.29, 0.717) is 5.46 Å². The van der Waals surface area contributed by atoms with E-state index in [1.165, 1.54) is 41.4 Å². The van der Waals surface area contributed by atoms with Crippen molar-refractivity contribution < 1.29 is 10.0 Å². The zero-order valence-corrected chi connectivity index (χ0v) is 43.8. The predicted molar refractivity (Wildman–Crippen MR) is 320 cm³/mol. The molecule has 0 saturated heterocycles. The Morgan fingerprint density at radius 3 is 1.12 bits per heavy atom. The molecule has 10 aromatic carbocycles. The van der Waals surface area contributed by atoms with E-state index in [-0.39, 0.29) is 0 Å². The maximum Gasteiger partial charge on any atom is 0.489 e. The second-order valence-electron chi connectivity index (χ2n) is 17.8. The maximum atomic E-state index is 9.31. The summed E-state index contributed by atoms with van der Waals surface area (Å²) in [6.07, 6.45) is 0. The first-order valence-electron chi connectivity index (χ1n) is 24.6. The van der Waals surface area contributed by atoms with Crippen molar-refractivity contribution in [2.75, 3.05) is 0 Å². The first kappa shape index (κ1) is 48.3. The van der Waals surface area contributed by atoms with Gasteiger partial charge in [0.1, 0.15) is 0 Å². The van der Waals surface area contributed by atoms with Gasteiger partial charge in [-0.2, -0.15) is 0 Å². The molecule has 0 aliphatic rings. The third-order valence-electron chi connectivity index (χ3n) is 13.1. The van der Waals surface area contributed by atoms with E-state index in [4.69, 9.17) is 0 Å². The minimum absolute atomic E-state index is 0.582. The molecule has 364 valence electrons. The lowest BCUT2D eigenvalue weighted by atomic mass is 9.80. The number of hydrogen-bond acceptors (Lipinski definition) is 8. The predicted octanol–water partition coefficient (Wildman–Crippen LogP) is 15.7. The Labute approximate surface area is 455 Å².